The molecule has 0 atom stereocenters. The zero-order chi connectivity index (χ0) is 35.4. The van der Waals surface area contributed by atoms with Gasteiger partial charge in [-0.15, -0.1) is 0 Å². The first kappa shape index (κ1) is 36.8. The molecule has 0 fully saturated rings. The van der Waals surface area contributed by atoms with Crippen LogP contribution in [0.15, 0.2) is 191 Å². The van der Waals surface area contributed by atoms with Crippen LogP contribution in [0.4, 0.5) is 0 Å². The molecule has 4 N–H and O–H groups in total. The molecule has 0 amide bonds. The number of aliphatic imine (C=N–C) groups is 2. The second-order valence-electron chi connectivity index (χ2n) is 11.4. The summed E-state index contributed by atoms with van der Waals surface area (Å²) in [7, 11) is 0. The van der Waals surface area contributed by atoms with Crippen molar-refractivity contribution in [2.75, 3.05) is 6.54 Å². The summed E-state index contributed by atoms with van der Waals surface area (Å²) in [5, 5.41) is 0. The summed E-state index contributed by atoms with van der Waals surface area (Å²) in [6.07, 6.45) is 25.1. The van der Waals surface area contributed by atoms with Gasteiger partial charge in [0.15, 0.2) is 5.84 Å². The van der Waals surface area contributed by atoms with E-state index in [1.165, 1.54) is 5.57 Å². The Morgan fingerprint density at radius 3 is 2.14 bits per heavy atom. The number of aromatic nitrogens is 1. The molecule has 4 aromatic rings. The van der Waals surface area contributed by atoms with Crippen molar-refractivity contribution in [3.8, 4) is 11.1 Å². The van der Waals surface area contributed by atoms with Gasteiger partial charge in [0.25, 0.3) is 0 Å². The predicted octanol–water partition coefficient (Wildman–Crippen LogP) is 10.3. The van der Waals surface area contributed by atoms with E-state index in [0.29, 0.717) is 24.6 Å². The van der Waals surface area contributed by atoms with Crippen molar-refractivity contribution in [2.45, 2.75) is 33.6 Å². The molecule has 1 aromatic heterocycles. The Kier molecular flexibility index (Phi) is 14.9. The molecule has 0 bridgehead atoms. The summed E-state index contributed by atoms with van der Waals surface area (Å²) in [5.74, 6) is 0.904. The molecule has 5 heteroatoms. The second-order valence-corrected chi connectivity index (χ2v) is 11.4. The van der Waals surface area contributed by atoms with Gasteiger partial charge < -0.3 is 11.5 Å². The number of pyridine rings is 1. The summed E-state index contributed by atoms with van der Waals surface area (Å²) in [4.78, 5) is 14.3. The van der Waals surface area contributed by atoms with Gasteiger partial charge in [0, 0.05) is 18.0 Å². The first-order valence-corrected chi connectivity index (χ1v) is 17.0. The topological polar surface area (TPSA) is 89.6 Å². The molecule has 0 aliphatic carbocycles. The smallest absolute Gasteiger partial charge is 0.157 e. The van der Waals surface area contributed by atoms with Crippen molar-refractivity contribution in [1.82, 2.24) is 4.98 Å². The zero-order valence-corrected chi connectivity index (χ0v) is 29.3. The quantitative estimate of drug-likeness (QED) is 0.0803. The number of rotatable bonds is 14. The molecule has 0 spiro atoms. The Morgan fingerprint density at radius 1 is 0.760 bits per heavy atom. The SMILES string of the molecule is C/C=C\C(=C/N)C/C=C(\C=C(/CC)c1cccnc1)C\N=C(/N=C(N)/C=C/C=C\C(=C/C)c1ccccc1)c1cccc(-c2ccccc2)c1. The van der Waals surface area contributed by atoms with E-state index in [0.717, 1.165) is 51.0 Å². The van der Waals surface area contributed by atoms with Crippen LogP contribution in [0.2, 0.25) is 0 Å². The Bertz CT molecular complexity index is 1940. The number of benzene rings is 3. The number of allylic oxidation sites excluding steroid dienone is 10. The van der Waals surface area contributed by atoms with Crippen molar-refractivity contribution in [3.05, 3.63) is 198 Å². The second kappa shape index (κ2) is 20.3. The van der Waals surface area contributed by atoms with E-state index < -0.39 is 0 Å². The standard InChI is InChI=1S/C45H47N5/c1-4-17-35(32-46)27-28-36(30-38(6-3)43-25-16-29-48-34-43)33-49-45(42-24-15-23-41(31-42)40-21-11-8-12-22-40)50-44(47)26-14-13-18-37(5-2)39-19-9-7-10-20-39/h4-5,7-26,28-32,34H,6,27,33,46H2,1-3H3,(H2,47,49,50)/b17-4-,18-13-,26-14+,35-32+,36-28+,37-5+,38-30+. The number of hydrogen-bond acceptors (Lipinski definition) is 3. The third kappa shape index (κ3) is 11.6. The molecule has 1 heterocycles. The molecule has 4 rings (SSSR count). The Labute approximate surface area is 297 Å². The van der Waals surface area contributed by atoms with E-state index in [1.54, 1.807) is 18.5 Å². The van der Waals surface area contributed by atoms with Gasteiger partial charge in [0.2, 0.25) is 0 Å². The van der Waals surface area contributed by atoms with Gasteiger partial charge in [0.1, 0.15) is 5.84 Å². The number of nitrogens with zero attached hydrogens (tertiary/aromatic N) is 3. The van der Waals surface area contributed by atoms with Gasteiger partial charge in [0.05, 0.1) is 6.54 Å². The van der Waals surface area contributed by atoms with Crippen LogP contribution in [-0.4, -0.2) is 23.2 Å². The molecule has 3 aromatic carbocycles. The maximum atomic E-state index is 6.53. The van der Waals surface area contributed by atoms with Crippen molar-refractivity contribution in [2.24, 2.45) is 21.5 Å². The molecular formula is C45H47N5. The van der Waals surface area contributed by atoms with Crippen LogP contribution in [0.5, 0.6) is 0 Å². The van der Waals surface area contributed by atoms with Crippen molar-refractivity contribution < 1.29 is 0 Å². The van der Waals surface area contributed by atoms with E-state index in [9.17, 15) is 0 Å². The Hall–Kier alpha value is -6.07. The lowest BCUT2D eigenvalue weighted by Crippen LogP contribution is -2.12. The minimum absolute atomic E-state index is 0.354. The Balaban J connectivity index is 1.73. The van der Waals surface area contributed by atoms with E-state index in [2.05, 4.69) is 78.7 Å². The summed E-state index contributed by atoms with van der Waals surface area (Å²) in [5.41, 5.74) is 22.1. The van der Waals surface area contributed by atoms with Crippen LogP contribution >= 0.6 is 0 Å². The highest BCUT2D eigenvalue weighted by molar-refractivity contribution is 6.09. The van der Waals surface area contributed by atoms with E-state index >= 15 is 0 Å². The van der Waals surface area contributed by atoms with Crippen LogP contribution < -0.4 is 11.5 Å². The Morgan fingerprint density at radius 2 is 1.46 bits per heavy atom. The highest BCUT2D eigenvalue weighted by Crippen LogP contribution is 2.23. The third-order valence-corrected chi connectivity index (χ3v) is 7.91. The molecular weight excluding hydrogens is 611 g/mol. The fourth-order valence-electron chi connectivity index (χ4n) is 5.28. The van der Waals surface area contributed by atoms with E-state index in [-0.39, 0.29) is 0 Å². The van der Waals surface area contributed by atoms with Gasteiger partial charge in [-0.05, 0) is 95.6 Å². The highest BCUT2D eigenvalue weighted by atomic mass is 15.0. The molecule has 0 saturated carbocycles. The first-order valence-electron chi connectivity index (χ1n) is 17.0. The molecule has 0 aliphatic heterocycles. The van der Waals surface area contributed by atoms with Gasteiger partial charge in [-0.25, -0.2) is 4.99 Å². The fraction of sp³-hybridized carbons (Fsp3) is 0.133. The molecule has 5 nitrogen and oxygen atoms in total. The molecule has 0 unspecified atom stereocenters. The van der Waals surface area contributed by atoms with Crippen LogP contribution in [0.1, 0.15) is 50.3 Å². The van der Waals surface area contributed by atoms with Crippen LogP contribution in [0.3, 0.4) is 0 Å². The maximum absolute atomic E-state index is 6.53. The average molecular weight is 658 g/mol. The van der Waals surface area contributed by atoms with E-state index in [4.69, 9.17) is 21.5 Å². The fourth-order valence-corrected chi connectivity index (χ4v) is 5.28. The predicted molar refractivity (Wildman–Crippen MR) is 216 cm³/mol. The number of hydrogen-bond donors (Lipinski definition) is 2. The van der Waals surface area contributed by atoms with Crippen molar-refractivity contribution >= 4 is 22.8 Å². The highest BCUT2D eigenvalue weighted by Gasteiger charge is 2.08. The van der Waals surface area contributed by atoms with Crippen LogP contribution in [0, 0.1) is 0 Å². The minimum atomic E-state index is 0.354. The van der Waals surface area contributed by atoms with E-state index in [1.807, 2.05) is 98.9 Å². The summed E-state index contributed by atoms with van der Waals surface area (Å²) in [6.45, 7) is 6.56. The van der Waals surface area contributed by atoms with Crippen molar-refractivity contribution in [1.29, 1.82) is 0 Å². The third-order valence-electron chi connectivity index (χ3n) is 7.91. The van der Waals surface area contributed by atoms with Gasteiger partial charge in [-0.2, -0.15) is 0 Å². The number of amidine groups is 2. The summed E-state index contributed by atoms with van der Waals surface area (Å²) in [6, 6.07) is 32.9. The molecule has 252 valence electrons. The van der Waals surface area contributed by atoms with Gasteiger partial charge in [-0.3, -0.25) is 9.98 Å². The van der Waals surface area contributed by atoms with Crippen molar-refractivity contribution in [3.63, 3.8) is 0 Å². The monoisotopic (exact) mass is 657 g/mol. The van der Waals surface area contributed by atoms with Gasteiger partial charge in [-0.1, -0.05) is 140 Å². The molecule has 0 radical (unpaired) electrons. The lowest BCUT2D eigenvalue weighted by atomic mass is 10.0. The minimum Gasteiger partial charge on any atom is -0.404 e. The number of nitrogens with two attached hydrogens (primary N) is 2. The van der Waals surface area contributed by atoms with Crippen LogP contribution in [0.25, 0.3) is 22.3 Å². The normalized spacial score (nSPS) is 14.0. The van der Waals surface area contributed by atoms with Gasteiger partial charge >= 0.3 is 0 Å². The van der Waals surface area contributed by atoms with Crippen LogP contribution in [-0.2, 0) is 0 Å². The lowest BCUT2D eigenvalue weighted by Gasteiger charge is -2.09. The summed E-state index contributed by atoms with van der Waals surface area (Å²) >= 11 is 0. The zero-order valence-electron chi connectivity index (χ0n) is 29.3. The average Bonchev–Trinajstić information content (AvgIpc) is 3.17. The molecule has 50 heavy (non-hydrogen) atoms. The lowest BCUT2D eigenvalue weighted by molar-refractivity contribution is 1.12. The first-order chi connectivity index (χ1) is 24.5. The maximum Gasteiger partial charge on any atom is 0.157 e. The summed E-state index contributed by atoms with van der Waals surface area (Å²) < 4.78 is 0. The largest absolute Gasteiger partial charge is 0.404 e. The molecule has 0 aliphatic rings. The molecule has 0 saturated heterocycles.